The maximum absolute atomic E-state index is 12.7. The van der Waals surface area contributed by atoms with Crippen molar-refractivity contribution in [2.75, 3.05) is 13.1 Å². The number of amides is 1. The van der Waals surface area contributed by atoms with Crippen LogP contribution >= 0.6 is 0 Å². The Morgan fingerprint density at radius 1 is 1.20 bits per heavy atom. The van der Waals surface area contributed by atoms with E-state index in [1.165, 1.54) is 0 Å². The zero-order valence-corrected chi connectivity index (χ0v) is 13.0. The van der Waals surface area contributed by atoms with Gasteiger partial charge in [-0.25, -0.2) is 0 Å². The zero-order chi connectivity index (χ0) is 14.8. The molecule has 1 aliphatic rings. The van der Waals surface area contributed by atoms with Crippen molar-refractivity contribution in [3.63, 3.8) is 0 Å². The fraction of sp³-hybridized carbons (Fsp3) is 0.588. The highest BCUT2D eigenvalue weighted by atomic mass is 16.1. The highest BCUT2D eigenvalue weighted by Gasteiger charge is 2.30. The second-order valence-electron chi connectivity index (χ2n) is 7.06. The Balaban J connectivity index is 2.21. The van der Waals surface area contributed by atoms with Gasteiger partial charge < -0.3 is 10.6 Å². The number of hydrogen-bond donors (Lipinski definition) is 2. The van der Waals surface area contributed by atoms with Gasteiger partial charge in [0.1, 0.15) is 0 Å². The van der Waals surface area contributed by atoms with Crippen molar-refractivity contribution in [3.05, 3.63) is 35.4 Å². The summed E-state index contributed by atoms with van der Waals surface area (Å²) < 4.78 is 0. The molecule has 1 heterocycles. The Kier molecular flexibility index (Phi) is 4.19. The average Bonchev–Trinajstić information content (AvgIpc) is 2.38. The molecule has 0 atom stereocenters. The molecule has 1 fully saturated rings. The number of carbonyl (C=O) groups is 1. The van der Waals surface area contributed by atoms with Crippen LogP contribution in [0.2, 0.25) is 0 Å². The Morgan fingerprint density at radius 3 is 2.40 bits per heavy atom. The van der Waals surface area contributed by atoms with E-state index in [0.29, 0.717) is 0 Å². The number of hydrogen-bond acceptors (Lipinski definition) is 2. The van der Waals surface area contributed by atoms with Crippen LogP contribution in [-0.2, 0) is 5.41 Å². The summed E-state index contributed by atoms with van der Waals surface area (Å²) in [4.78, 5) is 12.7. The second-order valence-corrected chi connectivity index (χ2v) is 7.06. The van der Waals surface area contributed by atoms with Crippen LogP contribution in [0.25, 0.3) is 0 Å². The monoisotopic (exact) mass is 274 g/mol. The van der Waals surface area contributed by atoms with Crippen molar-refractivity contribution in [1.29, 1.82) is 0 Å². The highest BCUT2D eigenvalue weighted by molar-refractivity contribution is 5.96. The smallest absolute Gasteiger partial charge is 0.251 e. The first-order valence-electron chi connectivity index (χ1n) is 7.45. The molecule has 0 aliphatic carbocycles. The molecule has 1 aromatic carbocycles. The van der Waals surface area contributed by atoms with Gasteiger partial charge in [-0.05, 0) is 49.9 Å². The predicted molar refractivity (Wildman–Crippen MR) is 83.1 cm³/mol. The summed E-state index contributed by atoms with van der Waals surface area (Å²) in [6, 6.07) is 7.93. The minimum atomic E-state index is -0.0900. The summed E-state index contributed by atoms with van der Waals surface area (Å²) in [5.41, 5.74) is 1.80. The summed E-state index contributed by atoms with van der Waals surface area (Å²) in [6.45, 7) is 10.5. The topological polar surface area (TPSA) is 41.1 Å². The van der Waals surface area contributed by atoms with Crippen LogP contribution < -0.4 is 10.6 Å². The van der Waals surface area contributed by atoms with Gasteiger partial charge in [-0.2, -0.15) is 0 Å². The molecule has 0 radical (unpaired) electrons. The van der Waals surface area contributed by atoms with Gasteiger partial charge in [-0.3, -0.25) is 4.79 Å². The van der Waals surface area contributed by atoms with E-state index < -0.39 is 0 Å². The molecule has 0 spiro atoms. The molecule has 20 heavy (non-hydrogen) atoms. The molecule has 2 rings (SSSR count). The van der Waals surface area contributed by atoms with Crippen LogP contribution in [0.15, 0.2) is 24.3 Å². The fourth-order valence-corrected chi connectivity index (χ4v) is 2.78. The molecule has 110 valence electrons. The van der Waals surface area contributed by atoms with Crippen molar-refractivity contribution >= 4 is 5.91 Å². The molecule has 3 nitrogen and oxygen atoms in total. The van der Waals surface area contributed by atoms with Crippen molar-refractivity contribution in [2.45, 2.75) is 51.5 Å². The lowest BCUT2D eigenvalue weighted by Crippen LogP contribution is -2.52. The third kappa shape index (κ3) is 3.40. The lowest BCUT2D eigenvalue weighted by molar-refractivity contribution is 0.0885. The molecule has 0 aromatic heterocycles. The van der Waals surface area contributed by atoms with Crippen molar-refractivity contribution in [1.82, 2.24) is 10.6 Å². The van der Waals surface area contributed by atoms with E-state index >= 15 is 0 Å². The zero-order valence-electron chi connectivity index (χ0n) is 13.0. The van der Waals surface area contributed by atoms with Crippen molar-refractivity contribution in [3.8, 4) is 0 Å². The largest absolute Gasteiger partial charge is 0.347 e. The molecule has 3 heteroatoms. The minimum Gasteiger partial charge on any atom is -0.347 e. The van der Waals surface area contributed by atoms with Crippen molar-refractivity contribution in [2.24, 2.45) is 0 Å². The number of benzene rings is 1. The summed E-state index contributed by atoms with van der Waals surface area (Å²) in [6.07, 6.45) is 1.97. The fourth-order valence-electron chi connectivity index (χ4n) is 2.78. The number of rotatable bonds is 2. The van der Waals surface area contributed by atoms with Crippen LogP contribution in [0.1, 0.15) is 56.5 Å². The lowest BCUT2D eigenvalue weighted by Gasteiger charge is -2.35. The summed E-state index contributed by atoms with van der Waals surface area (Å²) in [7, 11) is 0. The number of carbonyl (C=O) groups excluding carboxylic acids is 1. The summed E-state index contributed by atoms with van der Waals surface area (Å²) >= 11 is 0. The van der Waals surface area contributed by atoms with Crippen LogP contribution in [-0.4, -0.2) is 24.5 Å². The maximum Gasteiger partial charge on any atom is 0.251 e. The van der Waals surface area contributed by atoms with E-state index in [2.05, 4.69) is 44.4 Å². The molecular weight excluding hydrogens is 248 g/mol. The average molecular weight is 274 g/mol. The van der Waals surface area contributed by atoms with E-state index in [0.717, 1.165) is 37.1 Å². The minimum absolute atomic E-state index is 0.0248. The van der Waals surface area contributed by atoms with E-state index in [-0.39, 0.29) is 16.9 Å². The van der Waals surface area contributed by atoms with E-state index in [9.17, 15) is 4.79 Å². The molecule has 1 aliphatic heterocycles. The van der Waals surface area contributed by atoms with Crippen molar-refractivity contribution < 1.29 is 4.79 Å². The van der Waals surface area contributed by atoms with Crippen LogP contribution in [0.4, 0.5) is 0 Å². The number of piperidine rings is 1. The van der Waals surface area contributed by atoms with Gasteiger partial charge in [0.2, 0.25) is 0 Å². The van der Waals surface area contributed by atoms with E-state index in [1.54, 1.807) is 0 Å². The van der Waals surface area contributed by atoms with Crippen LogP contribution in [0.3, 0.4) is 0 Å². The standard InChI is InChI=1S/C17H26N2O/c1-16(2,3)14-8-6-5-7-13(14)15(20)19-17(4)9-11-18-12-10-17/h5-8,18H,9-12H2,1-4H3,(H,19,20). The van der Waals surface area contributed by atoms with Gasteiger partial charge in [0.05, 0.1) is 0 Å². The summed E-state index contributed by atoms with van der Waals surface area (Å²) in [5, 5.41) is 6.58. The Labute approximate surface area is 122 Å². The molecule has 0 unspecified atom stereocenters. The maximum atomic E-state index is 12.7. The van der Waals surface area contributed by atoms with E-state index in [1.807, 2.05) is 18.2 Å². The number of nitrogens with one attached hydrogen (secondary N) is 2. The molecule has 1 saturated heterocycles. The Bertz CT molecular complexity index is 482. The van der Waals surface area contributed by atoms with Gasteiger partial charge in [-0.15, -0.1) is 0 Å². The quantitative estimate of drug-likeness (QED) is 0.870. The molecule has 0 bridgehead atoms. The first-order valence-corrected chi connectivity index (χ1v) is 7.45. The molecule has 2 N–H and O–H groups in total. The third-order valence-corrected chi connectivity index (χ3v) is 4.10. The lowest BCUT2D eigenvalue weighted by atomic mass is 9.83. The van der Waals surface area contributed by atoms with Gasteiger partial charge in [0.25, 0.3) is 5.91 Å². The second kappa shape index (κ2) is 5.57. The molecular formula is C17H26N2O. The van der Waals surface area contributed by atoms with Crippen LogP contribution in [0.5, 0.6) is 0 Å². The summed E-state index contributed by atoms with van der Waals surface area (Å²) in [5.74, 6) is 0.0555. The molecule has 0 saturated carbocycles. The third-order valence-electron chi connectivity index (χ3n) is 4.10. The Morgan fingerprint density at radius 2 is 1.80 bits per heavy atom. The Hall–Kier alpha value is -1.35. The molecule has 1 amide bonds. The predicted octanol–water partition coefficient (Wildman–Crippen LogP) is 2.86. The van der Waals surface area contributed by atoms with Gasteiger partial charge in [-0.1, -0.05) is 39.0 Å². The van der Waals surface area contributed by atoms with Gasteiger partial charge >= 0.3 is 0 Å². The highest BCUT2D eigenvalue weighted by Crippen LogP contribution is 2.26. The van der Waals surface area contributed by atoms with Gasteiger partial charge in [0, 0.05) is 11.1 Å². The first-order chi connectivity index (χ1) is 9.32. The first kappa shape index (κ1) is 15.0. The molecule has 1 aromatic rings. The normalized spacial score (nSPS) is 18.6. The van der Waals surface area contributed by atoms with Crippen LogP contribution in [0, 0.1) is 0 Å². The van der Waals surface area contributed by atoms with E-state index in [4.69, 9.17) is 0 Å². The van der Waals surface area contributed by atoms with Gasteiger partial charge in [0.15, 0.2) is 0 Å². The SMILES string of the molecule is CC1(NC(=O)c2ccccc2C(C)(C)C)CCNCC1.